The lowest BCUT2D eigenvalue weighted by Crippen LogP contribution is -2.21. The Kier molecular flexibility index (Phi) is 3.56. The van der Waals surface area contributed by atoms with Crippen LogP contribution in [0, 0.1) is 5.41 Å². The topological polar surface area (TPSA) is 43.4 Å². The molecule has 100 valence electrons. The summed E-state index contributed by atoms with van der Waals surface area (Å²) in [5.74, 6) is -0.177. The predicted molar refractivity (Wildman–Crippen MR) is 73.8 cm³/mol. The van der Waals surface area contributed by atoms with Crippen molar-refractivity contribution in [1.82, 2.24) is 0 Å². The number of hydrogen-bond donors (Lipinski definition) is 0. The van der Waals surface area contributed by atoms with E-state index in [-0.39, 0.29) is 17.2 Å². The van der Waals surface area contributed by atoms with Crippen LogP contribution in [0.5, 0.6) is 0 Å². The predicted octanol–water partition coefficient (Wildman–Crippen LogP) is 3.25. The normalized spacial score (nSPS) is 17.8. The van der Waals surface area contributed by atoms with Gasteiger partial charge in [0.25, 0.3) is 0 Å². The van der Waals surface area contributed by atoms with Crippen molar-refractivity contribution in [2.45, 2.75) is 26.7 Å². The summed E-state index contributed by atoms with van der Waals surface area (Å²) in [6.07, 6.45) is 3.19. The third kappa shape index (κ3) is 3.11. The minimum absolute atomic E-state index is 0.00217. The summed E-state index contributed by atoms with van der Waals surface area (Å²) in [5.41, 5.74) is 2.56. The third-order valence-electron chi connectivity index (χ3n) is 3.33. The number of ketones is 1. The molecule has 0 fully saturated rings. The van der Waals surface area contributed by atoms with E-state index in [2.05, 4.69) is 18.6 Å². The molecule has 0 radical (unpaired) electrons. The van der Waals surface area contributed by atoms with Crippen LogP contribution < -0.4 is 0 Å². The SMILES string of the molecule is COC(=O)c1ccc(C2=CC(=O)CC(C)(C)C2)cc1. The van der Waals surface area contributed by atoms with E-state index in [1.165, 1.54) is 7.11 Å². The van der Waals surface area contributed by atoms with E-state index in [1.54, 1.807) is 18.2 Å². The summed E-state index contributed by atoms with van der Waals surface area (Å²) in [4.78, 5) is 23.1. The second-order valence-electron chi connectivity index (χ2n) is 5.72. The molecule has 0 aliphatic heterocycles. The van der Waals surface area contributed by atoms with Crippen LogP contribution in [0.3, 0.4) is 0 Å². The molecule has 1 aliphatic rings. The average molecular weight is 258 g/mol. The van der Waals surface area contributed by atoms with Crippen LogP contribution in [-0.2, 0) is 9.53 Å². The molecule has 0 saturated carbocycles. The number of esters is 1. The minimum Gasteiger partial charge on any atom is -0.465 e. The first-order chi connectivity index (χ1) is 8.91. The molecule has 0 heterocycles. The standard InChI is InChI=1S/C16H18O3/c1-16(2)9-13(8-14(17)10-16)11-4-6-12(7-5-11)15(18)19-3/h4-8H,9-10H2,1-3H3. The Hall–Kier alpha value is -1.90. The molecule has 0 N–H and O–H groups in total. The fourth-order valence-corrected chi connectivity index (χ4v) is 2.47. The second-order valence-corrected chi connectivity index (χ2v) is 5.72. The molecule has 1 aromatic rings. The quantitative estimate of drug-likeness (QED) is 0.765. The monoisotopic (exact) mass is 258 g/mol. The highest BCUT2D eigenvalue weighted by molar-refractivity contribution is 5.99. The van der Waals surface area contributed by atoms with Crippen LogP contribution >= 0.6 is 0 Å². The molecule has 0 bridgehead atoms. The molecule has 0 saturated heterocycles. The molecule has 1 aliphatic carbocycles. The van der Waals surface area contributed by atoms with Gasteiger partial charge >= 0.3 is 5.97 Å². The Labute approximate surface area is 113 Å². The van der Waals surface area contributed by atoms with Gasteiger partial charge in [0.2, 0.25) is 0 Å². The van der Waals surface area contributed by atoms with Gasteiger partial charge in [0.1, 0.15) is 0 Å². The number of methoxy groups -OCH3 is 1. The molecule has 2 rings (SSSR count). The number of allylic oxidation sites excluding steroid dienone is 2. The van der Waals surface area contributed by atoms with Crippen molar-refractivity contribution in [3.8, 4) is 0 Å². The lowest BCUT2D eigenvalue weighted by Gasteiger charge is -2.29. The van der Waals surface area contributed by atoms with Crippen molar-refractivity contribution in [1.29, 1.82) is 0 Å². The summed E-state index contributed by atoms with van der Waals surface area (Å²) in [7, 11) is 1.36. The van der Waals surface area contributed by atoms with E-state index >= 15 is 0 Å². The Morgan fingerprint density at radius 1 is 1.16 bits per heavy atom. The molecule has 19 heavy (non-hydrogen) atoms. The van der Waals surface area contributed by atoms with Crippen LogP contribution in [0.2, 0.25) is 0 Å². The first-order valence-corrected chi connectivity index (χ1v) is 6.33. The van der Waals surface area contributed by atoms with Gasteiger partial charge in [-0.3, -0.25) is 4.79 Å². The average Bonchev–Trinajstić information content (AvgIpc) is 2.35. The smallest absolute Gasteiger partial charge is 0.337 e. The molecule has 3 nitrogen and oxygen atoms in total. The van der Waals surface area contributed by atoms with Crippen LogP contribution in [0.25, 0.3) is 5.57 Å². The Balaban J connectivity index is 2.28. The summed E-state index contributed by atoms with van der Waals surface area (Å²) < 4.78 is 4.66. The molecule has 0 amide bonds. The number of carbonyl (C=O) groups excluding carboxylic acids is 2. The first kappa shape index (κ1) is 13.5. The van der Waals surface area contributed by atoms with Gasteiger partial charge in [0, 0.05) is 6.42 Å². The lowest BCUT2D eigenvalue weighted by atomic mass is 9.75. The van der Waals surface area contributed by atoms with E-state index in [0.29, 0.717) is 12.0 Å². The first-order valence-electron chi connectivity index (χ1n) is 6.33. The minimum atomic E-state index is -0.347. The van der Waals surface area contributed by atoms with Crippen molar-refractivity contribution in [2.24, 2.45) is 5.41 Å². The molecule has 0 atom stereocenters. The molecule has 0 unspecified atom stereocenters. The maximum Gasteiger partial charge on any atom is 0.337 e. The van der Waals surface area contributed by atoms with Gasteiger partial charge in [-0.2, -0.15) is 0 Å². The lowest BCUT2D eigenvalue weighted by molar-refractivity contribution is -0.116. The highest BCUT2D eigenvalue weighted by Crippen LogP contribution is 2.37. The molecule has 1 aromatic carbocycles. The second kappa shape index (κ2) is 5.00. The van der Waals surface area contributed by atoms with E-state index in [0.717, 1.165) is 17.6 Å². The van der Waals surface area contributed by atoms with Crippen LogP contribution in [-0.4, -0.2) is 18.9 Å². The summed E-state index contributed by atoms with van der Waals surface area (Å²) in [6, 6.07) is 7.20. The highest BCUT2D eigenvalue weighted by atomic mass is 16.5. The van der Waals surface area contributed by atoms with Crippen LogP contribution in [0.4, 0.5) is 0 Å². The van der Waals surface area contributed by atoms with Crippen molar-refractivity contribution < 1.29 is 14.3 Å². The summed E-state index contributed by atoms with van der Waals surface area (Å²) in [5, 5.41) is 0. The zero-order valence-corrected chi connectivity index (χ0v) is 11.5. The van der Waals surface area contributed by atoms with Crippen LogP contribution in [0.15, 0.2) is 30.3 Å². The van der Waals surface area contributed by atoms with Crippen molar-refractivity contribution in [3.63, 3.8) is 0 Å². The van der Waals surface area contributed by atoms with Crippen LogP contribution in [0.1, 0.15) is 42.6 Å². The van der Waals surface area contributed by atoms with E-state index < -0.39 is 0 Å². The Bertz CT molecular complexity index is 536. The fraction of sp³-hybridized carbons (Fsp3) is 0.375. The van der Waals surface area contributed by atoms with E-state index in [1.807, 2.05) is 12.1 Å². The van der Waals surface area contributed by atoms with E-state index in [9.17, 15) is 9.59 Å². The van der Waals surface area contributed by atoms with Gasteiger partial charge in [-0.05, 0) is 41.2 Å². The van der Waals surface area contributed by atoms with Gasteiger partial charge < -0.3 is 4.74 Å². The van der Waals surface area contributed by atoms with Gasteiger partial charge in [0.15, 0.2) is 5.78 Å². The zero-order valence-electron chi connectivity index (χ0n) is 11.5. The Morgan fingerprint density at radius 3 is 2.32 bits per heavy atom. The van der Waals surface area contributed by atoms with Gasteiger partial charge in [-0.25, -0.2) is 4.79 Å². The largest absolute Gasteiger partial charge is 0.465 e. The van der Waals surface area contributed by atoms with Gasteiger partial charge in [-0.1, -0.05) is 26.0 Å². The van der Waals surface area contributed by atoms with Crippen molar-refractivity contribution in [3.05, 3.63) is 41.5 Å². The number of hydrogen-bond acceptors (Lipinski definition) is 3. The molecule has 0 aromatic heterocycles. The number of rotatable bonds is 2. The number of carbonyl (C=O) groups is 2. The molecule has 0 spiro atoms. The number of benzene rings is 1. The zero-order chi connectivity index (χ0) is 14.0. The molecular formula is C16H18O3. The molecule has 3 heteroatoms. The molecular weight excluding hydrogens is 240 g/mol. The van der Waals surface area contributed by atoms with Crippen molar-refractivity contribution in [2.75, 3.05) is 7.11 Å². The third-order valence-corrected chi connectivity index (χ3v) is 3.33. The highest BCUT2D eigenvalue weighted by Gasteiger charge is 2.27. The fourth-order valence-electron chi connectivity index (χ4n) is 2.47. The maximum absolute atomic E-state index is 11.7. The van der Waals surface area contributed by atoms with Crippen molar-refractivity contribution >= 4 is 17.3 Å². The van der Waals surface area contributed by atoms with Gasteiger partial charge in [-0.15, -0.1) is 0 Å². The van der Waals surface area contributed by atoms with Gasteiger partial charge in [0.05, 0.1) is 12.7 Å². The maximum atomic E-state index is 11.7. The number of ether oxygens (including phenoxy) is 1. The summed E-state index contributed by atoms with van der Waals surface area (Å²) in [6.45, 7) is 4.20. The van der Waals surface area contributed by atoms with E-state index in [4.69, 9.17) is 0 Å². The Morgan fingerprint density at radius 2 is 1.79 bits per heavy atom. The summed E-state index contributed by atoms with van der Waals surface area (Å²) >= 11 is 0.